The fourth-order valence-corrected chi connectivity index (χ4v) is 2.31. The van der Waals surface area contributed by atoms with E-state index < -0.39 is 0 Å². The van der Waals surface area contributed by atoms with Crippen molar-refractivity contribution >= 4 is 5.91 Å². The number of amides is 1. The smallest absolute Gasteiger partial charge is 0.251 e. The molecule has 1 aromatic carbocycles. The van der Waals surface area contributed by atoms with E-state index in [9.17, 15) is 4.79 Å². The number of carbonyl (C=O) groups is 1. The van der Waals surface area contributed by atoms with Crippen LogP contribution in [0, 0.1) is 6.92 Å². The van der Waals surface area contributed by atoms with E-state index in [0.29, 0.717) is 18.0 Å². The molecular weight excluding hydrogens is 250 g/mol. The van der Waals surface area contributed by atoms with Crippen LogP contribution in [0.4, 0.5) is 0 Å². The van der Waals surface area contributed by atoms with Crippen LogP contribution in [-0.2, 0) is 6.54 Å². The van der Waals surface area contributed by atoms with E-state index in [1.54, 1.807) is 0 Å². The zero-order chi connectivity index (χ0) is 13.9. The van der Waals surface area contributed by atoms with Crippen LogP contribution >= 0.6 is 0 Å². The molecule has 1 amide bonds. The van der Waals surface area contributed by atoms with Crippen molar-refractivity contribution in [3.8, 4) is 0 Å². The summed E-state index contributed by atoms with van der Waals surface area (Å²) in [5.74, 6) is 1.78. The third kappa shape index (κ3) is 2.90. The van der Waals surface area contributed by atoms with Gasteiger partial charge in [-0.2, -0.15) is 0 Å². The molecule has 0 aliphatic heterocycles. The van der Waals surface area contributed by atoms with Crippen LogP contribution in [0.25, 0.3) is 0 Å². The molecular formula is C16H19N3O. The van der Waals surface area contributed by atoms with Gasteiger partial charge in [0, 0.05) is 37.0 Å². The summed E-state index contributed by atoms with van der Waals surface area (Å²) >= 11 is 0. The van der Waals surface area contributed by atoms with Crippen molar-refractivity contribution in [1.82, 2.24) is 14.9 Å². The lowest BCUT2D eigenvalue weighted by molar-refractivity contribution is 0.0952. The molecule has 1 aromatic heterocycles. The highest BCUT2D eigenvalue weighted by molar-refractivity contribution is 5.94. The zero-order valence-corrected chi connectivity index (χ0v) is 11.7. The average Bonchev–Trinajstić information content (AvgIpc) is 3.19. The topological polar surface area (TPSA) is 46.9 Å². The van der Waals surface area contributed by atoms with E-state index in [1.165, 1.54) is 12.8 Å². The molecule has 1 saturated carbocycles. The Morgan fingerprint density at radius 1 is 1.35 bits per heavy atom. The summed E-state index contributed by atoms with van der Waals surface area (Å²) in [5.41, 5.74) is 1.87. The first-order chi connectivity index (χ1) is 9.74. The van der Waals surface area contributed by atoms with Gasteiger partial charge in [-0.25, -0.2) is 4.98 Å². The van der Waals surface area contributed by atoms with Crippen molar-refractivity contribution in [2.45, 2.75) is 32.2 Å². The Labute approximate surface area is 118 Å². The maximum Gasteiger partial charge on any atom is 0.251 e. The number of imidazole rings is 1. The monoisotopic (exact) mass is 269 g/mol. The molecule has 1 fully saturated rings. The van der Waals surface area contributed by atoms with Crippen molar-refractivity contribution in [3.05, 3.63) is 53.6 Å². The Balaban J connectivity index is 1.53. The minimum Gasteiger partial charge on any atom is -0.350 e. The summed E-state index contributed by atoms with van der Waals surface area (Å²) in [6, 6.07) is 7.63. The number of nitrogens with zero attached hydrogens (tertiary/aromatic N) is 2. The van der Waals surface area contributed by atoms with Gasteiger partial charge in [0.15, 0.2) is 0 Å². The van der Waals surface area contributed by atoms with E-state index in [4.69, 9.17) is 0 Å². The van der Waals surface area contributed by atoms with Gasteiger partial charge in [0.1, 0.15) is 5.82 Å². The molecule has 1 aliphatic rings. The number of aromatic nitrogens is 2. The highest BCUT2D eigenvalue weighted by Gasteiger charge is 2.27. The molecule has 0 spiro atoms. The molecule has 1 heterocycles. The molecule has 0 atom stereocenters. The molecule has 104 valence electrons. The van der Waals surface area contributed by atoms with Crippen molar-refractivity contribution < 1.29 is 4.79 Å². The summed E-state index contributed by atoms with van der Waals surface area (Å²) in [6.07, 6.45) is 6.32. The number of benzene rings is 1. The van der Waals surface area contributed by atoms with Gasteiger partial charge in [-0.1, -0.05) is 17.7 Å². The lowest BCUT2D eigenvalue weighted by atomic mass is 10.1. The first-order valence-electron chi connectivity index (χ1n) is 7.10. The van der Waals surface area contributed by atoms with Gasteiger partial charge < -0.3 is 9.88 Å². The summed E-state index contributed by atoms with van der Waals surface area (Å²) in [7, 11) is 0. The number of hydrogen-bond acceptors (Lipinski definition) is 2. The molecule has 4 nitrogen and oxygen atoms in total. The van der Waals surface area contributed by atoms with E-state index in [0.717, 1.165) is 17.9 Å². The Morgan fingerprint density at radius 3 is 2.80 bits per heavy atom. The van der Waals surface area contributed by atoms with Gasteiger partial charge >= 0.3 is 0 Å². The highest BCUT2D eigenvalue weighted by Crippen LogP contribution is 2.38. The first kappa shape index (κ1) is 12.9. The van der Waals surface area contributed by atoms with Gasteiger partial charge in [0.25, 0.3) is 5.91 Å². The molecule has 4 heteroatoms. The predicted octanol–water partition coefficient (Wildman–Crippen LogP) is 2.50. The average molecular weight is 269 g/mol. The lowest BCUT2D eigenvalue weighted by Gasteiger charge is -2.09. The second kappa shape index (κ2) is 5.49. The molecule has 0 radical (unpaired) electrons. The van der Waals surface area contributed by atoms with Crippen molar-refractivity contribution in [3.63, 3.8) is 0 Å². The molecule has 0 bridgehead atoms. The maximum atomic E-state index is 12.0. The molecule has 1 N–H and O–H groups in total. The number of aryl methyl sites for hydroxylation is 1. The van der Waals surface area contributed by atoms with Gasteiger partial charge in [0.05, 0.1) is 0 Å². The first-order valence-corrected chi connectivity index (χ1v) is 7.10. The number of carbonyl (C=O) groups excluding carboxylic acids is 1. The Hall–Kier alpha value is -2.10. The van der Waals surface area contributed by atoms with Gasteiger partial charge in [-0.05, 0) is 31.9 Å². The van der Waals surface area contributed by atoms with Gasteiger partial charge in [0.2, 0.25) is 0 Å². The normalized spacial score (nSPS) is 14.2. The quantitative estimate of drug-likeness (QED) is 0.906. The van der Waals surface area contributed by atoms with E-state index >= 15 is 0 Å². The Bertz CT molecular complexity index is 596. The van der Waals surface area contributed by atoms with E-state index in [1.807, 2.05) is 43.6 Å². The summed E-state index contributed by atoms with van der Waals surface area (Å²) in [6.45, 7) is 3.42. The van der Waals surface area contributed by atoms with Crippen LogP contribution in [0.2, 0.25) is 0 Å². The highest BCUT2D eigenvalue weighted by atomic mass is 16.1. The van der Waals surface area contributed by atoms with Crippen molar-refractivity contribution in [2.24, 2.45) is 0 Å². The molecule has 3 rings (SSSR count). The van der Waals surface area contributed by atoms with E-state index in [-0.39, 0.29) is 5.91 Å². The van der Waals surface area contributed by atoms with Crippen LogP contribution in [0.15, 0.2) is 36.7 Å². The number of nitrogens with one attached hydrogen (secondary N) is 1. The van der Waals surface area contributed by atoms with Crippen LogP contribution in [0.3, 0.4) is 0 Å². The Morgan fingerprint density at radius 2 is 2.10 bits per heavy atom. The van der Waals surface area contributed by atoms with Crippen molar-refractivity contribution in [2.75, 3.05) is 6.54 Å². The van der Waals surface area contributed by atoms with Crippen LogP contribution in [0.5, 0.6) is 0 Å². The number of hydrogen-bond donors (Lipinski definition) is 1. The second-order valence-electron chi connectivity index (χ2n) is 5.38. The molecule has 1 aliphatic carbocycles. The third-order valence-corrected chi connectivity index (χ3v) is 3.64. The largest absolute Gasteiger partial charge is 0.350 e. The molecule has 0 saturated heterocycles. The molecule has 0 unspecified atom stereocenters. The van der Waals surface area contributed by atoms with Gasteiger partial charge in [-0.3, -0.25) is 4.79 Å². The molecule has 2 aromatic rings. The SMILES string of the molecule is Cc1ccc(C(=O)NCCn2ccnc2C2CC2)cc1. The summed E-state index contributed by atoms with van der Waals surface area (Å²) in [4.78, 5) is 16.4. The van der Waals surface area contributed by atoms with E-state index in [2.05, 4.69) is 14.9 Å². The fraction of sp³-hybridized carbons (Fsp3) is 0.375. The zero-order valence-electron chi connectivity index (χ0n) is 11.7. The van der Waals surface area contributed by atoms with Crippen LogP contribution in [0.1, 0.15) is 40.5 Å². The predicted molar refractivity (Wildman–Crippen MR) is 77.7 cm³/mol. The minimum atomic E-state index is -0.0157. The fourth-order valence-electron chi connectivity index (χ4n) is 2.31. The summed E-state index contributed by atoms with van der Waals surface area (Å²) in [5, 5.41) is 2.96. The standard InChI is InChI=1S/C16H19N3O/c1-12-2-4-14(5-3-12)16(20)18-9-11-19-10-8-17-15(19)13-6-7-13/h2-5,8,10,13H,6-7,9,11H2,1H3,(H,18,20). The van der Waals surface area contributed by atoms with Crippen LogP contribution in [-0.4, -0.2) is 22.0 Å². The van der Waals surface area contributed by atoms with Crippen molar-refractivity contribution in [1.29, 1.82) is 0 Å². The maximum absolute atomic E-state index is 12.0. The summed E-state index contributed by atoms with van der Waals surface area (Å²) < 4.78 is 2.15. The third-order valence-electron chi connectivity index (χ3n) is 3.64. The Kier molecular flexibility index (Phi) is 3.54. The number of rotatable bonds is 5. The second-order valence-corrected chi connectivity index (χ2v) is 5.38. The minimum absolute atomic E-state index is 0.0157. The lowest BCUT2D eigenvalue weighted by Crippen LogP contribution is -2.27. The van der Waals surface area contributed by atoms with Gasteiger partial charge in [-0.15, -0.1) is 0 Å². The van der Waals surface area contributed by atoms with Crippen LogP contribution < -0.4 is 5.32 Å². The molecule has 20 heavy (non-hydrogen) atoms.